The molecule has 3 amide bonds. The minimum atomic E-state index is -1.18. The van der Waals surface area contributed by atoms with Gasteiger partial charge in [-0.25, -0.2) is 28.9 Å². The van der Waals surface area contributed by atoms with Crippen LogP contribution in [0.1, 0.15) is 84.0 Å². The second-order valence-electron chi connectivity index (χ2n) is 15.2. The number of hydrogen-bond acceptors (Lipinski definition) is 10. The molecule has 6 heterocycles. The van der Waals surface area contributed by atoms with Gasteiger partial charge >= 0.3 is 18.3 Å². The van der Waals surface area contributed by atoms with Gasteiger partial charge < -0.3 is 34.2 Å². The van der Waals surface area contributed by atoms with Crippen molar-refractivity contribution in [3.05, 3.63) is 60.4 Å². The number of H-pyrrole nitrogens is 1. The number of benzene rings is 1. The Morgan fingerprint density at radius 1 is 1.02 bits per heavy atom. The van der Waals surface area contributed by atoms with Gasteiger partial charge in [-0.1, -0.05) is 38.1 Å². The molecule has 0 radical (unpaired) electrons. The normalized spacial score (nSPS) is 17.9. The Morgan fingerprint density at radius 3 is 2.36 bits per heavy atom. The van der Waals surface area contributed by atoms with Gasteiger partial charge in [-0.2, -0.15) is 0 Å². The van der Waals surface area contributed by atoms with Crippen LogP contribution in [0.25, 0.3) is 43.4 Å². The molecule has 2 saturated heterocycles. The van der Waals surface area contributed by atoms with E-state index in [1.807, 2.05) is 50.2 Å². The van der Waals surface area contributed by atoms with Gasteiger partial charge in [0.1, 0.15) is 34.6 Å². The van der Waals surface area contributed by atoms with E-state index in [0.29, 0.717) is 48.8 Å². The maximum atomic E-state index is 13.5. The SMILES string of the molecule is COC(=O)N[C@H](C(=O)N1CCC[C@H]1c1ncc(-c2ccc(-c3cc4sc(-c5cn(C(=O)O)c([C@@H]6CCCN6C(=O)OC(C)(C)C)n5)cc4o3)cc2)[nH]1)C(C)C. The second kappa shape index (κ2) is 14.9. The lowest BCUT2D eigenvalue weighted by Crippen LogP contribution is -2.51. The maximum Gasteiger partial charge on any atom is 0.417 e. The maximum absolute atomic E-state index is 13.5. The van der Waals surface area contributed by atoms with E-state index in [4.69, 9.17) is 18.9 Å². The number of likely N-dealkylation sites (tertiary alicyclic amines) is 2. The summed E-state index contributed by atoms with van der Waals surface area (Å²) >= 11 is 1.45. The van der Waals surface area contributed by atoms with Crippen molar-refractivity contribution in [3.63, 3.8) is 0 Å². The summed E-state index contributed by atoms with van der Waals surface area (Å²) in [5, 5.41) is 12.7. The number of alkyl carbamates (subject to hydrolysis) is 1. The van der Waals surface area contributed by atoms with Crippen molar-refractivity contribution >= 4 is 45.8 Å². The van der Waals surface area contributed by atoms with E-state index >= 15 is 0 Å². The van der Waals surface area contributed by atoms with E-state index in [1.165, 1.54) is 24.6 Å². The molecule has 290 valence electrons. The summed E-state index contributed by atoms with van der Waals surface area (Å²) in [6, 6.07) is 10.2. The number of fused-ring (bicyclic) bond motifs is 1. The van der Waals surface area contributed by atoms with Crippen molar-refractivity contribution in [1.29, 1.82) is 0 Å². The molecular weight excluding hydrogens is 727 g/mol. The number of rotatable bonds is 8. The van der Waals surface area contributed by atoms with E-state index < -0.39 is 36.0 Å². The number of carboxylic acid groups (broad SMARTS) is 1. The van der Waals surface area contributed by atoms with Gasteiger partial charge in [0, 0.05) is 37.0 Å². The Labute approximate surface area is 321 Å². The molecule has 3 atom stereocenters. The Kier molecular flexibility index (Phi) is 10.2. The van der Waals surface area contributed by atoms with Crippen molar-refractivity contribution in [2.75, 3.05) is 20.2 Å². The van der Waals surface area contributed by atoms with Crippen LogP contribution >= 0.6 is 11.3 Å². The number of thiophene rings is 1. The van der Waals surface area contributed by atoms with Crippen molar-refractivity contribution in [2.45, 2.75) is 84.0 Å². The van der Waals surface area contributed by atoms with E-state index in [-0.39, 0.29) is 23.7 Å². The molecule has 15 nitrogen and oxygen atoms in total. The molecule has 7 rings (SSSR count). The first kappa shape index (κ1) is 37.7. The number of imidazole rings is 2. The quantitative estimate of drug-likeness (QED) is 0.139. The summed E-state index contributed by atoms with van der Waals surface area (Å²) in [4.78, 5) is 67.6. The number of nitrogens with one attached hydrogen (secondary N) is 2. The monoisotopic (exact) mass is 771 g/mol. The first-order valence-electron chi connectivity index (χ1n) is 18.4. The third kappa shape index (κ3) is 7.68. The number of nitrogens with zero attached hydrogens (tertiary/aromatic N) is 5. The smallest absolute Gasteiger partial charge is 0.417 e. The van der Waals surface area contributed by atoms with Crippen molar-refractivity contribution in [3.8, 4) is 33.2 Å². The average molecular weight is 772 g/mol. The highest BCUT2D eigenvalue weighted by atomic mass is 32.1. The molecule has 55 heavy (non-hydrogen) atoms. The number of aromatic amines is 1. The van der Waals surface area contributed by atoms with Crippen LogP contribution in [-0.2, 0) is 14.3 Å². The van der Waals surface area contributed by atoms with Gasteiger partial charge in [0.2, 0.25) is 5.91 Å². The van der Waals surface area contributed by atoms with Gasteiger partial charge in [-0.3, -0.25) is 9.69 Å². The molecule has 16 heteroatoms. The van der Waals surface area contributed by atoms with Crippen molar-refractivity contribution in [1.82, 2.24) is 34.6 Å². The van der Waals surface area contributed by atoms with Gasteiger partial charge in [-0.15, -0.1) is 11.3 Å². The van der Waals surface area contributed by atoms with Crippen LogP contribution in [0.2, 0.25) is 0 Å². The number of amides is 3. The molecule has 0 unspecified atom stereocenters. The summed E-state index contributed by atoms with van der Waals surface area (Å²) in [5.74, 6) is 1.37. The first-order valence-corrected chi connectivity index (χ1v) is 19.2. The predicted molar refractivity (Wildman–Crippen MR) is 205 cm³/mol. The third-order valence-corrected chi connectivity index (χ3v) is 11.0. The molecular formula is C39H45N7O8S. The Bertz CT molecular complexity index is 2200. The van der Waals surface area contributed by atoms with E-state index in [0.717, 1.165) is 43.8 Å². The topological polar surface area (TPSA) is 185 Å². The number of methoxy groups -OCH3 is 1. The molecule has 5 aromatic rings. The van der Waals surface area contributed by atoms with Crippen LogP contribution in [-0.4, -0.2) is 90.5 Å². The summed E-state index contributed by atoms with van der Waals surface area (Å²) < 4.78 is 18.6. The van der Waals surface area contributed by atoms with Crippen molar-refractivity contribution < 1.29 is 38.2 Å². The summed E-state index contributed by atoms with van der Waals surface area (Å²) in [5.41, 5.74) is 3.06. The third-order valence-electron chi connectivity index (χ3n) is 9.90. The molecule has 4 aromatic heterocycles. The molecule has 1 aromatic carbocycles. The molecule has 2 aliphatic heterocycles. The lowest BCUT2D eigenvalue weighted by molar-refractivity contribution is -0.135. The second-order valence-corrected chi connectivity index (χ2v) is 16.3. The Morgan fingerprint density at radius 2 is 1.71 bits per heavy atom. The van der Waals surface area contributed by atoms with Gasteiger partial charge in [0.15, 0.2) is 0 Å². The number of aromatic nitrogens is 4. The molecule has 0 spiro atoms. The highest BCUT2D eigenvalue weighted by Gasteiger charge is 2.39. The highest BCUT2D eigenvalue weighted by molar-refractivity contribution is 7.22. The zero-order chi connectivity index (χ0) is 39.2. The zero-order valence-electron chi connectivity index (χ0n) is 31.6. The predicted octanol–water partition coefficient (Wildman–Crippen LogP) is 8.06. The minimum Gasteiger partial charge on any atom is -0.464 e. The van der Waals surface area contributed by atoms with Crippen LogP contribution in [0.15, 0.2) is 53.2 Å². The minimum absolute atomic E-state index is 0.121. The van der Waals surface area contributed by atoms with Crippen LogP contribution in [0.4, 0.5) is 14.4 Å². The van der Waals surface area contributed by atoms with Crippen LogP contribution < -0.4 is 5.32 Å². The number of carbonyl (C=O) groups excluding carboxylic acids is 3. The number of ether oxygens (including phenoxy) is 2. The summed E-state index contributed by atoms with van der Waals surface area (Å²) in [6.45, 7) is 10.2. The average Bonchev–Trinajstić information content (AvgIpc) is 3.98. The Hall–Kier alpha value is -5.64. The van der Waals surface area contributed by atoms with E-state index in [2.05, 4.69) is 15.3 Å². The summed E-state index contributed by atoms with van der Waals surface area (Å²) in [6.07, 6.45) is 3.82. The number of furan rings is 1. The largest absolute Gasteiger partial charge is 0.464 e. The van der Waals surface area contributed by atoms with Gasteiger partial charge in [0.25, 0.3) is 0 Å². The molecule has 2 aliphatic rings. The Balaban J connectivity index is 1.06. The molecule has 0 aliphatic carbocycles. The van der Waals surface area contributed by atoms with E-state index in [9.17, 15) is 24.3 Å². The number of hydrogen-bond donors (Lipinski definition) is 3. The molecule has 3 N–H and O–H groups in total. The lowest BCUT2D eigenvalue weighted by atomic mass is 10.0. The van der Waals surface area contributed by atoms with Crippen molar-refractivity contribution in [2.24, 2.45) is 5.92 Å². The molecule has 0 bridgehead atoms. The fraction of sp³-hybridized carbons (Fsp3) is 0.436. The molecule has 2 fully saturated rings. The van der Waals surface area contributed by atoms with Gasteiger partial charge in [0.05, 0.1) is 46.4 Å². The first-order chi connectivity index (χ1) is 26.2. The highest BCUT2D eigenvalue weighted by Crippen LogP contribution is 2.40. The fourth-order valence-corrected chi connectivity index (χ4v) is 8.21. The van der Waals surface area contributed by atoms with Gasteiger partial charge in [-0.05, 0) is 57.9 Å². The van der Waals surface area contributed by atoms with Crippen LogP contribution in [0.5, 0.6) is 0 Å². The van der Waals surface area contributed by atoms with E-state index in [1.54, 1.807) is 36.8 Å². The number of carbonyl (C=O) groups is 4. The zero-order valence-corrected chi connectivity index (χ0v) is 32.4. The fourth-order valence-electron chi connectivity index (χ4n) is 7.24. The molecule has 0 saturated carbocycles. The van der Waals surface area contributed by atoms with Crippen LogP contribution in [0.3, 0.4) is 0 Å². The summed E-state index contributed by atoms with van der Waals surface area (Å²) in [7, 11) is 1.28. The lowest BCUT2D eigenvalue weighted by Gasteiger charge is -2.30. The van der Waals surface area contributed by atoms with Crippen LogP contribution in [0, 0.1) is 5.92 Å². The standard InChI is InChI=1S/C39H45N7O8S/c1-21(2)32(43-36(48)52-6)35(47)44-15-7-9-26(44)33-40-19-24(41-33)22-11-13-23(14-12-22)28-17-31-29(53-28)18-30(55-31)25-20-46(37(49)50)34(42-25)27-10-8-16-45(27)38(51)54-39(3,4)5/h11-14,17-21,26-27,32H,7-10,15-16H2,1-6H3,(H,40,41)(H,43,48)(H,49,50)/t26-,27-,32-/m0/s1.